The summed E-state index contributed by atoms with van der Waals surface area (Å²) in [6, 6.07) is 3.39. The van der Waals surface area contributed by atoms with Gasteiger partial charge in [-0.05, 0) is 49.7 Å². The summed E-state index contributed by atoms with van der Waals surface area (Å²) in [5, 5.41) is 2.99. The molecule has 0 spiro atoms. The Hall–Kier alpha value is -2.63. The Bertz CT molecular complexity index is 1080. The van der Waals surface area contributed by atoms with Crippen molar-refractivity contribution in [3.05, 3.63) is 40.6 Å². The van der Waals surface area contributed by atoms with E-state index >= 15 is 0 Å². The molecule has 4 rings (SSSR count). The normalized spacial score (nSPS) is 21.0. The first-order valence-corrected chi connectivity index (χ1v) is 12.8. The van der Waals surface area contributed by atoms with E-state index in [-0.39, 0.29) is 30.7 Å². The van der Waals surface area contributed by atoms with E-state index in [0.29, 0.717) is 48.8 Å². The van der Waals surface area contributed by atoms with Crippen molar-refractivity contribution in [1.82, 2.24) is 15.1 Å². The summed E-state index contributed by atoms with van der Waals surface area (Å²) in [4.78, 5) is 26.6. The molecule has 2 fully saturated rings. The maximum absolute atomic E-state index is 13.8. The van der Waals surface area contributed by atoms with Crippen molar-refractivity contribution in [2.45, 2.75) is 43.9 Å². The number of anilines is 1. The predicted molar refractivity (Wildman–Crippen MR) is 138 cm³/mol. The second-order valence-electron chi connectivity index (χ2n) is 9.48. The van der Waals surface area contributed by atoms with Gasteiger partial charge in [0.2, 0.25) is 5.91 Å². The van der Waals surface area contributed by atoms with Crippen molar-refractivity contribution in [3.63, 3.8) is 0 Å². The molecule has 1 amide bonds. The van der Waals surface area contributed by atoms with E-state index in [9.17, 15) is 18.0 Å². The van der Waals surface area contributed by atoms with Crippen LogP contribution in [0.15, 0.2) is 39.5 Å². The molecule has 3 N–H and O–H groups in total. The average molecular weight is 541 g/mol. The number of amidine groups is 1. The van der Waals surface area contributed by atoms with E-state index in [1.807, 2.05) is 4.90 Å². The zero-order valence-electron chi connectivity index (χ0n) is 20.6. The molecule has 0 atom stereocenters. The molecule has 37 heavy (non-hydrogen) atoms. The number of benzene rings is 1. The van der Waals surface area contributed by atoms with Crippen LogP contribution in [-0.2, 0) is 22.3 Å². The van der Waals surface area contributed by atoms with E-state index in [4.69, 9.17) is 22.1 Å². The highest BCUT2D eigenvalue weighted by molar-refractivity contribution is 6.19. The number of nitrogens with one attached hydrogen (secondary N) is 1. The minimum absolute atomic E-state index is 0.00267. The molecular weight excluding hydrogens is 509 g/mol. The molecule has 202 valence electrons. The monoisotopic (exact) mass is 540 g/mol. The number of ether oxygens (including phenoxy) is 1. The molecule has 1 saturated carbocycles. The van der Waals surface area contributed by atoms with Gasteiger partial charge in [0.15, 0.2) is 0 Å². The molecule has 1 aliphatic carbocycles. The van der Waals surface area contributed by atoms with Crippen molar-refractivity contribution in [2.75, 3.05) is 51.1 Å². The largest absolute Gasteiger partial charge is 0.416 e. The third kappa shape index (κ3) is 5.94. The number of carbonyl (C=O) groups is 1. The number of rotatable bonds is 7. The zero-order valence-corrected chi connectivity index (χ0v) is 21.4. The van der Waals surface area contributed by atoms with E-state index in [1.165, 1.54) is 6.07 Å². The third-order valence-corrected chi connectivity index (χ3v) is 7.41. The molecule has 2 aliphatic heterocycles. The maximum Gasteiger partial charge on any atom is 0.416 e. The van der Waals surface area contributed by atoms with Gasteiger partial charge in [-0.25, -0.2) is 0 Å². The van der Waals surface area contributed by atoms with Gasteiger partial charge in [-0.3, -0.25) is 19.7 Å². The first kappa shape index (κ1) is 27.4. The lowest BCUT2D eigenvalue weighted by atomic mass is 9.73. The summed E-state index contributed by atoms with van der Waals surface area (Å²) in [6.45, 7) is 7.04. The van der Waals surface area contributed by atoms with Gasteiger partial charge in [-0.1, -0.05) is 0 Å². The summed E-state index contributed by atoms with van der Waals surface area (Å²) in [5.41, 5.74) is 6.01. The predicted octanol–water partition coefficient (Wildman–Crippen LogP) is 3.41. The Morgan fingerprint density at radius 2 is 1.95 bits per heavy atom. The van der Waals surface area contributed by atoms with Crippen molar-refractivity contribution < 1.29 is 22.7 Å². The molecule has 1 aromatic carbocycles. The van der Waals surface area contributed by atoms with Gasteiger partial charge < -0.3 is 20.7 Å². The molecule has 1 aromatic rings. The summed E-state index contributed by atoms with van der Waals surface area (Å²) in [5.74, 6) is 0.456. The van der Waals surface area contributed by atoms with Crippen molar-refractivity contribution in [1.29, 1.82) is 0 Å². The van der Waals surface area contributed by atoms with E-state index in [1.54, 1.807) is 0 Å². The van der Waals surface area contributed by atoms with E-state index in [2.05, 4.69) is 26.9 Å². The standard InChI is InChI=1S/C25H32ClF3N6O2/c1-31-21-3-6-34(23(36)24(4-2-5-24)35-7-9-37-10-8-35)15-20(21)22(33-16-26)32-14-17-11-18(25(27,28)29)13-19(30)12-17/h11-13H,1-10,14-16,30H2,(H,32,33). The highest BCUT2D eigenvalue weighted by Gasteiger charge is 2.51. The summed E-state index contributed by atoms with van der Waals surface area (Å²) in [6.07, 6.45) is -1.41. The van der Waals surface area contributed by atoms with Crippen molar-refractivity contribution >= 4 is 35.7 Å². The van der Waals surface area contributed by atoms with Gasteiger partial charge in [-0.15, -0.1) is 11.6 Å². The number of amides is 1. The summed E-state index contributed by atoms with van der Waals surface area (Å²) in [7, 11) is 0. The number of aliphatic imine (C=N–C) groups is 2. The molecule has 1 saturated heterocycles. The number of morpholine rings is 1. The average Bonchev–Trinajstić information content (AvgIpc) is 2.85. The fraction of sp³-hybridized carbons (Fsp3) is 0.560. The summed E-state index contributed by atoms with van der Waals surface area (Å²) < 4.78 is 45.2. The first-order chi connectivity index (χ1) is 17.7. The minimum Gasteiger partial charge on any atom is -0.399 e. The molecule has 12 heteroatoms. The number of alkyl halides is 4. The number of hydrogen-bond donors (Lipinski definition) is 2. The lowest BCUT2D eigenvalue weighted by molar-refractivity contribution is -0.155. The van der Waals surface area contributed by atoms with Crippen LogP contribution < -0.4 is 11.1 Å². The Balaban J connectivity index is 1.58. The number of nitrogens with two attached hydrogens (primary N) is 1. The summed E-state index contributed by atoms with van der Waals surface area (Å²) >= 11 is 5.97. The Morgan fingerprint density at radius 3 is 2.54 bits per heavy atom. The Kier molecular flexibility index (Phi) is 8.45. The second-order valence-corrected chi connectivity index (χ2v) is 9.75. The smallest absolute Gasteiger partial charge is 0.399 e. The Morgan fingerprint density at radius 1 is 1.22 bits per heavy atom. The van der Waals surface area contributed by atoms with Crippen LogP contribution in [0.25, 0.3) is 0 Å². The van der Waals surface area contributed by atoms with Crippen LogP contribution >= 0.6 is 11.6 Å². The van der Waals surface area contributed by atoms with Gasteiger partial charge in [0.1, 0.15) is 11.4 Å². The molecule has 0 radical (unpaired) electrons. The van der Waals surface area contributed by atoms with Crippen molar-refractivity contribution in [2.24, 2.45) is 9.98 Å². The second kappa shape index (κ2) is 11.4. The van der Waals surface area contributed by atoms with Crippen LogP contribution in [0.1, 0.15) is 36.8 Å². The van der Waals surface area contributed by atoms with Crippen LogP contribution in [0.4, 0.5) is 18.9 Å². The highest BCUT2D eigenvalue weighted by Crippen LogP contribution is 2.40. The van der Waals surface area contributed by atoms with Crippen LogP contribution in [0, 0.1) is 0 Å². The number of nitrogens with zero attached hydrogens (tertiary/aromatic N) is 4. The van der Waals surface area contributed by atoms with Gasteiger partial charge in [0.05, 0.1) is 43.6 Å². The van der Waals surface area contributed by atoms with Gasteiger partial charge in [0.25, 0.3) is 0 Å². The number of halogens is 4. The molecule has 2 heterocycles. The SMILES string of the molecule is C=NC1=C(C(=NCc2cc(N)cc(C(F)(F)F)c2)NCCl)CN(C(=O)C2(N3CCOCC3)CCC2)CC1. The molecule has 3 aliphatic rings. The maximum atomic E-state index is 13.8. The van der Waals surface area contributed by atoms with Crippen molar-refractivity contribution in [3.8, 4) is 0 Å². The van der Waals surface area contributed by atoms with Gasteiger partial charge in [-0.2, -0.15) is 13.2 Å². The molecule has 8 nitrogen and oxygen atoms in total. The number of carbonyl (C=O) groups excluding carboxylic acids is 1. The fourth-order valence-corrected chi connectivity index (χ4v) is 5.37. The molecule has 0 aromatic heterocycles. The van der Waals surface area contributed by atoms with E-state index in [0.717, 1.165) is 44.5 Å². The number of nitrogen functional groups attached to an aromatic ring is 1. The van der Waals surface area contributed by atoms with E-state index < -0.39 is 17.3 Å². The topological polar surface area (TPSA) is 95.5 Å². The first-order valence-electron chi connectivity index (χ1n) is 12.3. The molecule has 0 bridgehead atoms. The van der Waals surface area contributed by atoms with Crippen LogP contribution in [0.5, 0.6) is 0 Å². The lowest BCUT2D eigenvalue weighted by Crippen LogP contribution is -2.66. The zero-order chi connectivity index (χ0) is 26.6. The van der Waals surface area contributed by atoms with Gasteiger partial charge in [0, 0.05) is 37.3 Å². The van der Waals surface area contributed by atoms with Crippen LogP contribution in [0.3, 0.4) is 0 Å². The third-order valence-electron chi connectivity index (χ3n) is 7.27. The Labute approximate surface area is 219 Å². The van der Waals surface area contributed by atoms with Crippen LogP contribution in [0.2, 0.25) is 0 Å². The molecule has 0 unspecified atom stereocenters. The fourth-order valence-electron chi connectivity index (χ4n) is 5.24. The van der Waals surface area contributed by atoms with Gasteiger partial charge >= 0.3 is 6.18 Å². The quantitative estimate of drug-likeness (QED) is 0.182. The lowest BCUT2D eigenvalue weighted by Gasteiger charge is -2.52. The molecular formula is C25H32ClF3N6O2. The highest BCUT2D eigenvalue weighted by atomic mass is 35.5. The van der Waals surface area contributed by atoms with Crippen LogP contribution in [-0.4, -0.2) is 79.2 Å². The number of hydrogen-bond acceptors (Lipinski definition) is 6. The minimum atomic E-state index is -4.52.